The second-order valence-corrected chi connectivity index (χ2v) is 5.39. The summed E-state index contributed by atoms with van der Waals surface area (Å²) in [6.45, 7) is 0. The smallest absolute Gasteiger partial charge is 0.160 e. The predicted octanol–water partition coefficient (Wildman–Crippen LogP) is 5.60. The van der Waals surface area contributed by atoms with E-state index in [-0.39, 0.29) is 16.7 Å². The quantitative estimate of drug-likeness (QED) is 0.412. The Morgan fingerprint density at radius 3 is 1.89 bits per heavy atom. The van der Waals surface area contributed by atoms with E-state index in [4.69, 9.17) is 0 Å². The van der Waals surface area contributed by atoms with Crippen LogP contribution in [-0.2, 0) is 0 Å². The molecule has 0 saturated carbocycles. The van der Waals surface area contributed by atoms with Crippen LogP contribution in [0.2, 0.25) is 0 Å². The van der Waals surface area contributed by atoms with E-state index in [0.29, 0.717) is 0 Å². The number of alkyl halides is 3. The summed E-state index contributed by atoms with van der Waals surface area (Å²) < 4.78 is 37.1. The third kappa shape index (κ3) is 2.68. The van der Waals surface area contributed by atoms with Gasteiger partial charge in [0.1, 0.15) is 0 Å². The van der Waals surface area contributed by atoms with Crippen LogP contribution in [0.25, 0.3) is 21.5 Å². The zero-order valence-electron chi connectivity index (χ0n) is 9.74. The summed E-state index contributed by atoms with van der Waals surface area (Å²) >= 11 is -0.0790. The van der Waals surface area contributed by atoms with E-state index in [1.54, 1.807) is 12.1 Å². The van der Waals surface area contributed by atoms with Gasteiger partial charge in [-0.1, -0.05) is 30.3 Å². The molecule has 0 aliphatic rings. The molecule has 0 aliphatic carbocycles. The first kappa shape index (κ1) is 12.4. The van der Waals surface area contributed by atoms with Gasteiger partial charge in [0.25, 0.3) is 0 Å². The van der Waals surface area contributed by atoms with Crippen LogP contribution in [0.4, 0.5) is 13.2 Å². The molecule has 0 heterocycles. The van der Waals surface area contributed by atoms with Crippen molar-refractivity contribution in [1.82, 2.24) is 0 Å². The molecular formula is C15H9F3S. The van der Waals surface area contributed by atoms with E-state index >= 15 is 0 Å². The Hall–Kier alpha value is -1.68. The number of hydrogen-bond donors (Lipinski definition) is 0. The molecule has 0 amide bonds. The Morgan fingerprint density at radius 1 is 0.684 bits per heavy atom. The van der Waals surface area contributed by atoms with Gasteiger partial charge in [0.05, 0.1) is 0 Å². The van der Waals surface area contributed by atoms with Crippen LogP contribution < -0.4 is 0 Å². The van der Waals surface area contributed by atoms with Crippen molar-refractivity contribution in [2.45, 2.75) is 10.4 Å². The average molecular weight is 278 g/mol. The molecule has 0 atom stereocenters. The molecule has 0 aliphatic heterocycles. The highest BCUT2D eigenvalue weighted by atomic mass is 32.2. The minimum Gasteiger partial charge on any atom is -0.160 e. The fourth-order valence-corrected chi connectivity index (χ4v) is 2.70. The third-order valence-corrected chi connectivity index (χ3v) is 3.63. The zero-order valence-corrected chi connectivity index (χ0v) is 10.6. The van der Waals surface area contributed by atoms with Crippen LogP contribution in [0.1, 0.15) is 0 Å². The van der Waals surface area contributed by atoms with Gasteiger partial charge in [0, 0.05) is 4.90 Å². The number of fused-ring (bicyclic) bond motifs is 2. The van der Waals surface area contributed by atoms with Crippen molar-refractivity contribution in [2.24, 2.45) is 0 Å². The summed E-state index contributed by atoms with van der Waals surface area (Å²) in [5.74, 6) is 0. The molecule has 0 radical (unpaired) electrons. The fourth-order valence-electron chi connectivity index (χ4n) is 2.12. The van der Waals surface area contributed by atoms with Gasteiger partial charge in [-0.2, -0.15) is 13.2 Å². The largest absolute Gasteiger partial charge is 0.446 e. The molecule has 19 heavy (non-hydrogen) atoms. The Kier molecular flexibility index (Phi) is 2.90. The van der Waals surface area contributed by atoms with Gasteiger partial charge in [0.2, 0.25) is 0 Å². The third-order valence-electron chi connectivity index (χ3n) is 2.91. The molecule has 4 heteroatoms. The highest BCUT2D eigenvalue weighted by Gasteiger charge is 2.29. The Bertz CT molecular complexity index is 747. The number of halogens is 3. The van der Waals surface area contributed by atoms with Crippen LogP contribution >= 0.6 is 11.8 Å². The molecule has 0 saturated heterocycles. The molecule has 0 unspecified atom stereocenters. The maximum atomic E-state index is 12.4. The van der Waals surface area contributed by atoms with Crippen molar-refractivity contribution in [1.29, 1.82) is 0 Å². The molecule has 3 rings (SSSR count). The van der Waals surface area contributed by atoms with Crippen LogP contribution in [-0.4, -0.2) is 5.51 Å². The molecule has 0 nitrogen and oxygen atoms in total. The molecule has 3 aromatic carbocycles. The van der Waals surface area contributed by atoms with Crippen LogP contribution in [0.15, 0.2) is 59.5 Å². The van der Waals surface area contributed by atoms with Crippen molar-refractivity contribution in [2.75, 3.05) is 0 Å². The maximum absolute atomic E-state index is 12.4. The number of thioether (sulfide) groups is 1. The first-order chi connectivity index (χ1) is 9.01. The standard InChI is InChI=1S/C15H9F3S/c16-15(17,18)19-14-6-5-12-7-10-3-1-2-4-11(10)8-13(12)9-14/h1-9H. The highest BCUT2D eigenvalue weighted by molar-refractivity contribution is 8.00. The van der Waals surface area contributed by atoms with Crippen molar-refractivity contribution in [3.63, 3.8) is 0 Å². The lowest BCUT2D eigenvalue weighted by Gasteiger charge is -2.07. The highest BCUT2D eigenvalue weighted by Crippen LogP contribution is 2.38. The maximum Gasteiger partial charge on any atom is 0.446 e. The Morgan fingerprint density at radius 2 is 1.26 bits per heavy atom. The summed E-state index contributed by atoms with van der Waals surface area (Å²) in [5, 5.41) is 3.90. The molecule has 0 spiro atoms. The van der Waals surface area contributed by atoms with Gasteiger partial charge in [-0.3, -0.25) is 0 Å². The monoisotopic (exact) mass is 278 g/mol. The summed E-state index contributed by atoms with van der Waals surface area (Å²) in [4.78, 5) is 0.218. The van der Waals surface area contributed by atoms with Crippen molar-refractivity contribution in [3.8, 4) is 0 Å². The Labute approximate surface area is 112 Å². The van der Waals surface area contributed by atoms with E-state index in [9.17, 15) is 13.2 Å². The lowest BCUT2D eigenvalue weighted by atomic mass is 10.0. The minimum absolute atomic E-state index is 0.0790. The van der Waals surface area contributed by atoms with Gasteiger partial charge in [-0.05, 0) is 57.6 Å². The second kappa shape index (κ2) is 4.46. The van der Waals surface area contributed by atoms with E-state index in [1.165, 1.54) is 6.07 Å². The van der Waals surface area contributed by atoms with Gasteiger partial charge in [-0.25, -0.2) is 0 Å². The predicted molar refractivity (Wildman–Crippen MR) is 73.4 cm³/mol. The minimum atomic E-state index is -4.25. The van der Waals surface area contributed by atoms with Crippen molar-refractivity contribution >= 4 is 33.3 Å². The molecule has 3 aromatic rings. The van der Waals surface area contributed by atoms with Gasteiger partial charge < -0.3 is 0 Å². The first-order valence-corrected chi connectivity index (χ1v) is 6.51. The summed E-state index contributed by atoms with van der Waals surface area (Å²) in [6.07, 6.45) is 0. The Balaban J connectivity index is 2.14. The van der Waals surface area contributed by atoms with Crippen LogP contribution in [0.3, 0.4) is 0 Å². The number of benzene rings is 3. The van der Waals surface area contributed by atoms with Crippen molar-refractivity contribution < 1.29 is 13.2 Å². The summed E-state index contributed by atoms with van der Waals surface area (Å²) in [6, 6.07) is 16.6. The first-order valence-electron chi connectivity index (χ1n) is 5.70. The number of hydrogen-bond acceptors (Lipinski definition) is 1. The molecule has 0 aromatic heterocycles. The van der Waals surface area contributed by atoms with Gasteiger partial charge in [-0.15, -0.1) is 0 Å². The van der Waals surface area contributed by atoms with Gasteiger partial charge in [0.15, 0.2) is 0 Å². The van der Waals surface area contributed by atoms with Crippen LogP contribution in [0.5, 0.6) is 0 Å². The second-order valence-electron chi connectivity index (χ2n) is 4.26. The normalized spacial score (nSPS) is 12.2. The summed E-state index contributed by atoms with van der Waals surface area (Å²) in [7, 11) is 0. The van der Waals surface area contributed by atoms with E-state index in [2.05, 4.69) is 0 Å². The van der Waals surface area contributed by atoms with E-state index in [0.717, 1.165) is 21.5 Å². The molecule has 0 fully saturated rings. The number of rotatable bonds is 1. The average Bonchev–Trinajstić information content (AvgIpc) is 2.34. The van der Waals surface area contributed by atoms with E-state index < -0.39 is 5.51 Å². The molecule has 0 bridgehead atoms. The lowest BCUT2D eigenvalue weighted by molar-refractivity contribution is -0.0328. The SMILES string of the molecule is FC(F)(F)Sc1ccc2cc3ccccc3cc2c1. The molecular weight excluding hydrogens is 269 g/mol. The molecule has 0 N–H and O–H groups in total. The molecule has 96 valence electrons. The lowest BCUT2D eigenvalue weighted by Crippen LogP contribution is -1.98. The van der Waals surface area contributed by atoms with E-state index in [1.807, 2.05) is 36.4 Å². The zero-order chi connectivity index (χ0) is 13.5. The van der Waals surface area contributed by atoms with Gasteiger partial charge >= 0.3 is 5.51 Å². The van der Waals surface area contributed by atoms with Crippen LogP contribution in [0, 0.1) is 0 Å². The summed E-state index contributed by atoms with van der Waals surface area (Å²) in [5.41, 5.74) is -4.25. The van der Waals surface area contributed by atoms with Crippen molar-refractivity contribution in [3.05, 3.63) is 54.6 Å². The fraction of sp³-hybridized carbons (Fsp3) is 0.0667. The topological polar surface area (TPSA) is 0 Å².